The van der Waals surface area contributed by atoms with E-state index in [2.05, 4.69) is 16.7 Å². The standard InChI is InChI=1S/C15H27ClN2/c1-12-10-17-8-3-2-7-15(17)18(12)11-13-5-4-6-14(16)9-13/h12-15H,2-11H2,1H3. The average Bonchev–Trinajstić information content (AvgIpc) is 2.66. The Morgan fingerprint density at radius 1 is 1.11 bits per heavy atom. The van der Waals surface area contributed by atoms with Crippen LogP contribution in [0.2, 0.25) is 0 Å². The van der Waals surface area contributed by atoms with E-state index in [1.807, 2.05) is 0 Å². The second-order valence-corrected chi connectivity index (χ2v) is 7.26. The predicted octanol–water partition coefficient (Wildman–Crippen LogP) is 3.30. The summed E-state index contributed by atoms with van der Waals surface area (Å²) >= 11 is 6.34. The fourth-order valence-corrected chi connectivity index (χ4v) is 4.70. The van der Waals surface area contributed by atoms with Gasteiger partial charge in [-0.15, -0.1) is 11.6 Å². The first-order valence-electron chi connectivity index (χ1n) is 7.88. The van der Waals surface area contributed by atoms with Crippen LogP contribution in [0.5, 0.6) is 0 Å². The minimum Gasteiger partial charge on any atom is -0.286 e. The molecule has 0 aromatic heterocycles. The van der Waals surface area contributed by atoms with Gasteiger partial charge in [-0.05, 0) is 57.9 Å². The van der Waals surface area contributed by atoms with Crippen molar-refractivity contribution in [2.75, 3.05) is 19.6 Å². The van der Waals surface area contributed by atoms with Gasteiger partial charge in [0.1, 0.15) is 0 Å². The molecule has 0 aromatic rings. The second kappa shape index (κ2) is 5.68. The molecule has 0 N–H and O–H groups in total. The monoisotopic (exact) mass is 270 g/mol. The highest BCUT2D eigenvalue weighted by atomic mass is 35.5. The Labute approximate surface area is 117 Å². The SMILES string of the molecule is CC1CN2CCCCC2N1CC1CCCC(Cl)C1. The number of nitrogens with zero attached hydrogens (tertiary/aromatic N) is 2. The third kappa shape index (κ3) is 2.71. The third-order valence-electron chi connectivity index (χ3n) is 5.21. The molecule has 4 unspecified atom stereocenters. The van der Waals surface area contributed by atoms with E-state index in [9.17, 15) is 0 Å². The molecule has 18 heavy (non-hydrogen) atoms. The molecule has 1 aliphatic carbocycles. The summed E-state index contributed by atoms with van der Waals surface area (Å²) in [6, 6.07) is 0.754. The zero-order valence-corrected chi connectivity index (χ0v) is 12.4. The maximum Gasteiger partial charge on any atom is 0.0625 e. The highest BCUT2D eigenvalue weighted by molar-refractivity contribution is 6.20. The van der Waals surface area contributed by atoms with Gasteiger partial charge in [0.2, 0.25) is 0 Å². The lowest BCUT2D eigenvalue weighted by molar-refractivity contribution is 0.0703. The molecule has 2 heterocycles. The topological polar surface area (TPSA) is 6.48 Å². The predicted molar refractivity (Wildman–Crippen MR) is 77.0 cm³/mol. The first kappa shape index (κ1) is 13.2. The van der Waals surface area contributed by atoms with Crippen molar-refractivity contribution >= 4 is 11.6 Å². The number of alkyl halides is 1. The molecule has 3 fully saturated rings. The number of fused-ring (bicyclic) bond motifs is 1. The Balaban J connectivity index is 1.60. The molecule has 0 spiro atoms. The van der Waals surface area contributed by atoms with Crippen LogP contribution >= 0.6 is 11.6 Å². The van der Waals surface area contributed by atoms with E-state index >= 15 is 0 Å². The zero-order chi connectivity index (χ0) is 12.5. The van der Waals surface area contributed by atoms with Gasteiger partial charge >= 0.3 is 0 Å². The van der Waals surface area contributed by atoms with Gasteiger partial charge in [0.05, 0.1) is 6.17 Å². The largest absolute Gasteiger partial charge is 0.286 e. The maximum atomic E-state index is 6.34. The molecule has 2 aliphatic heterocycles. The minimum atomic E-state index is 0.448. The van der Waals surface area contributed by atoms with E-state index in [0.29, 0.717) is 5.38 Å². The molecule has 0 bridgehead atoms. The van der Waals surface area contributed by atoms with Crippen LogP contribution in [0.25, 0.3) is 0 Å². The van der Waals surface area contributed by atoms with Crippen LogP contribution in [0.15, 0.2) is 0 Å². The van der Waals surface area contributed by atoms with Crippen molar-refractivity contribution in [1.29, 1.82) is 0 Å². The number of halogens is 1. The van der Waals surface area contributed by atoms with E-state index in [1.165, 1.54) is 64.6 Å². The number of rotatable bonds is 2. The van der Waals surface area contributed by atoms with E-state index in [1.54, 1.807) is 0 Å². The zero-order valence-electron chi connectivity index (χ0n) is 11.7. The summed E-state index contributed by atoms with van der Waals surface area (Å²) in [5, 5.41) is 0.448. The molecule has 3 rings (SSSR count). The van der Waals surface area contributed by atoms with Crippen LogP contribution in [0.3, 0.4) is 0 Å². The van der Waals surface area contributed by atoms with E-state index < -0.39 is 0 Å². The molecule has 2 nitrogen and oxygen atoms in total. The third-order valence-corrected chi connectivity index (χ3v) is 5.61. The van der Waals surface area contributed by atoms with Crippen molar-refractivity contribution in [2.24, 2.45) is 5.92 Å². The van der Waals surface area contributed by atoms with Crippen LogP contribution in [0.1, 0.15) is 51.9 Å². The van der Waals surface area contributed by atoms with Crippen molar-refractivity contribution in [3.8, 4) is 0 Å². The lowest BCUT2D eigenvalue weighted by Gasteiger charge is -2.37. The highest BCUT2D eigenvalue weighted by Crippen LogP contribution is 2.33. The Bertz CT molecular complexity index is 284. The van der Waals surface area contributed by atoms with Crippen LogP contribution < -0.4 is 0 Å². The number of hydrogen-bond acceptors (Lipinski definition) is 2. The van der Waals surface area contributed by atoms with Crippen molar-refractivity contribution in [3.05, 3.63) is 0 Å². The molecule has 2 saturated heterocycles. The number of piperidine rings is 1. The van der Waals surface area contributed by atoms with Crippen molar-refractivity contribution in [1.82, 2.24) is 9.80 Å². The summed E-state index contributed by atoms with van der Waals surface area (Å²) in [7, 11) is 0. The van der Waals surface area contributed by atoms with Gasteiger partial charge in [-0.2, -0.15) is 0 Å². The van der Waals surface area contributed by atoms with Crippen LogP contribution in [0, 0.1) is 5.92 Å². The summed E-state index contributed by atoms with van der Waals surface area (Å²) in [6.45, 7) is 6.33. The Morgan fingerprint density at radius 2 is 2.00 bits per heavy atom. The lowest BCUT2D eigenvalue weighted by atomic mass is 9.88. The first-order valence-corrected chi connectivity index (χ1v) is 8.31. The van der Waals surface area contributed by atoms with Gasteiger partial charge in [-0.25, -0.2) is 0 Å². The van der Waals surface area contributed by atoms with E-state index in [-0.39, 0.29) is 0 Å². The summed E-state index contributed by atoms with van der Waals surface area (Å²) in [5.41, 5.74) is 0. The molecular weight excluding hydrogens is 244 g/mol. The Hall–Kier alpha value is 0.210. The summed E-state index contributed by atoms with van der Waals surface area (Å²) in [5.74, 6) is 0.852. The van der Waals surface area contributed by atoms with Gasteiger partial charge in [0.25, 0.3) is 0 Å². The average molecular weight is 271 g/mol. The van der Waals surface area contributed by atoms with E-state index in [0.717, 1.165) is 18.1 Å². The van der Waals surface area contributed by atoms with Crippen molar-refractivity contribution in [2.45, 2.75) is 69.5 Å². The molecule has 3 heteroatoms. The van der Waals surface area contributed by atoms with Crippen molar-refractivity contribution in [3.63, 3.8) is 0 Å². The van der Waals surface area contributed by atoms with Crippen LogP contribution in [0.4, 0.5) is 0 Å². The molecule has 0 amide bonds. The van der Waals surface area contributed by atoms with Crippen molar-refractivity contribution < 1.29 is 0 Å². The first-order chi connectivity index (χ1) is 8.74. The molecule has 4 atom stereocenters. The van der Waals surface area contributed by atoms with E-state index in [4.69, 9.17) is 11.6 Å². The number of hydrogen-bond donors (Lipinski definition) is 0. The normalized spacial score (nSPS) is 43.0. The van der Waals surface area contributed by atoms with Gasteiger partial charge in [-0.1, -0.05) is 6.42 Å². The summed E-state index contributed by atoms with van der Waals surface area (Å²) in [6.07, 6.45) is 10.2. The molecule has 3 aliphatic rings. The fourth-order valence-electron chi connectivity index (χ4n) is 4.29. The molecule has 0 aromatic carbocycles. The highest BCUT2D eigenvalue weighted by Gasteiger charge is 2.39. The van der Waals surface area contributed by atoms with Crippen LogP contribution in [-0.4, -0.2) is 47.0 Å². The van der Waals surface area contributed by atoms with Gasteiger partial charge in [-0.3, -0.25) is 9.80 Å². The molecule has 104 valence electrons. The lowest BCUT2D eigenvalue weighted by Crippen LogP contribution is -2.45. The van der Waals surface area contributed by atoms with Gasteiger partial charge < -0.3 is 0 Å². The summed E-state index contributed by atoms with van der Waals surface area (Å²) in [4.78, 5) is 5.51. The molecule has 1 saturated carbocycles. The fraction of sp³-hybridized carbons (Fsp3) is 1.00. The van der Waals surface area contributed by atoms with Crippen LogP contribution in [-0.2, 0) is 0 Å². The molecular formula is C15H27ClN2. The van der Waals surface area contributed by atoms with Gasteiger partial charge in [0.15, 0.2) is 0 Å². The molecule has 0 radical (unpaired) electrons. The smallest absolute Gasteiger partial charge is 0.0625 e. The Kier molecular flexibility index (Phi) is 4.17. The maximum absolute atomic E-state index is 6.34. The second-order valence-electron chi connectivity index (χ2n) is 6.65. The minimum absolute atomic E-state index is 0.448. The summed E-state index contributed by atoms with van der Waals surface area (Å²) < 4.78 is 0. The quantitative estimate of drug-likeness (QED) is 0.711. The van der Waals surface area contributed by atoms with Gasteiger partial charge in [0, 0.05) is 24.5 Å². The Morgan fingerprint density at radius 3 is 2.83 bits per heavy atom.